The molecule has 0 amide bonds. The maximum Gasteiger partial charge on any atom is 0.148 e. The first kappa shape index (κ1) is 13.5. The standard InChI is InChI=1S/C12H11BrClFN2O/c1-6-4-7(5-18-6)12(17-16)8-2-3-9(13)10(14)11(8)15/h2-5,12,17H,16H2,1H3. The van der Waals surface area contributed by atoms with Crippen molar-refractivity contribution >= 4 is 27.5 Å². The molecular formula is C12H11BrClFN2O. The fraction of sp³-hybridized carbons (Fsp3) is 0.167. The van der Waals surface area contributed by atoms with Gasteiger partial charge in [-0.2, -0.15) is 0 Å². The second-order valence-corrected chi connectivity index (χ2v) is 5.09. The summed E-state index contributed by atoms with van der Waals surface area (Å²) >= 11 is 9.03. The van der Waals surface area contributed by atoms with Crippen LogP contribution in [0.25, 0.3) is 0 Å². The number of nitrogens with two attached hydrogens (primary N) is 1. The van der Waals surface area contributed by atoms with Crippen LogP contribution in [0, 0.1) is 12.7 Å². The van der Waals surface area contributed by atoms with E-state index in [1.54, 1.807) is 18.2 Å². The molecule has 18 heavy (non-hydrogen) atoms. The van der Waals surface area contributed by atoms with Crippen LogP contribution < -0.4 is 11.3 Å². The Morgan fingerprint density at radius 2 is 2.22 bits per heavy atom. The van der Waals surface area contributed by atoms with Gasteiger partial charge in [0, 0.05) is 15.6 Å². The predicted molar refractivity (Wildman–Crippen MR) is 71.7 cm³/mol. The Labute approximate surface area is 117 Å². The van der Waals surface area contributed by atoms with E-state index in [4.69, 9.17) is 21.9 Å². The molecule has 0 aliphatic rings. The number of hydrogen-bond donors (Lipinski definition) is 2. The van der Waals surface area contributed by atoms with Gasteiger partial charge in [0.2, 0.25) is 0 Å². The quantitative estimate of drug-likeness (QED) is 0.511. The molecule has 96 valence electrons. The average Bonchev–Trinajstić information content (AvgIpc) is 2.77. The molecule has 0 aliphatic heterocycles. The van der Waals surface area contributed by atoms with Crippen molar-refractivity contribution in [2.24, 2.45) is 5.84 Å². The van der Waals surface area contributed by atoms with Crippen LogP contribution in [0.15, 0.2) is 33.4 Å². The van der Waals surface area contributed by atoms with E-state index in [9.17, 15) is 4.39 Å². The van der Waals surface area contributed by atoms with E-state index in [1.807, 2.05) is 6.92 Å². The van der Waals surface area contributed by atoms with E-state index in [0.717, 1.165) is 11.3 Å². The molecule has 1 aromatic carbocycles. The number of furan rings is 1. The molecule has 0 aliphatic carbocycles. The highest BCUT2D eigenvalue weighted by Crippen LogP contribution is 2.33. The Bertz CT molecular complexity index is 573. The molecule has 3 nitrogen and oxygen atoms in total. The first-order valence-corrected chi connectivity index (χ1v) is 6.36. The fourth-order valence-corrected chi connectivity index (χ4v) is 2.22. The highest BCUT2D eigenvalue weighted by molar-refractivity contribution is 9.10. The van der Waals surface area contributed by atoms with Gasteiger partial charge in [0.1, 0.15) is 11.6 Å². The number of rotatable bonds is 3. The van der Waals surface area contributed by atoms with Crippen molar-refractivity contribution in [2.45, 2.75) is 13.0 Å². The summed E-state index contributed by atoms with van der Waals surface area (Å²) in [6, 6.07) is 4.59. The van der Waals surface area contributed by atoms with Gasteiger partial charge in [-0.1, -0.05) is 17.7 Å². The van der Waals surface area contributed by atoms with E-state index in [2.05, 4.69) is 21.4 Å². The summed E-state index contributed by atoms with van der Waals surface area (Å²) in [7, 11) is 0. The summed E-state index contributed by atoms with van der Waals surface area (Å²) in [6.45, 7) is 1.81. The van der Waals surface area contributed by atoms with Gasteiger partial charge in [-0.3, -0.25) is 5.84 Å². The zero-order chi connectivity index (χ0) is 13.3. The number of hydrazine groups is 1. The van der Waals surface area contributed by atoms with Crippen LogP contribution in [-0.4, -0.2) is 0 Å². The lowest BCUT2D eigenvalue weighted by Gasteiger charge is -2.16. The summed E-state index contributed by atoms with van der Waals surface area (Å²) in [5.41, 5.74) is 3.67. The second-order valence-electron chi connectivity index (χ2n) is 3.85. The molecule has 2 aromatic rings. The van der Waals surface area contributed by atoms with Crippen LogP contribution >= 0.6 is 27.5 Å². The van der Waals surface area contributed by atoms with Crippen molar-refractivity contribution in [1.29, 1.82) is 0 Å². The van der Waals surface area contributed by atoms with E-state index >= 15 is 0 Å². The van der Waals surface area contributed by atoms with Gasteiger partial charge in [-0.25, -0.2) is 9.82 Å². The topological polar surface area (TPSA) is 51.2 Å². The van der Waals surface area contributed by atoms with Crippen LogP contribution in [0.2, 0.25) is 5.02 Å². The summed E-state index contributed by atoms with van der Waals surface area (Å²) in [5.74, 6) is 5.71. The number of aryl methyl sites for hydroxylation is 1. The van der Waals surface area contributed by atoms with Crippen molar-refractivity contribution in [3.05, 3.63) is 56.7 Å². The molecule has 0 saturated heterocycles. The second kappa shape index (κ2) is 5.40. The van der Waals surface area contributed by atoms with Gasteiger partial charge in [0.05, 0.1) is 17.3 Å². The summed E-state index contributed by atoms with van der Waals surface area (Å²) < 4.78 is 19.8. The molecule has 2 rings (SSSR count). The molecule has 0 bridgehead atoms. The smallest absolute Gasteiger partial charge is 0.148 e. The van der Waals surface area contributed by atoms with Crippen LogP contribution in [0.3, 0.4) is 0 Å². The minimum atomic E-state index is -0.507. The lowest BCUT2D eigenvalue weighted by Crippen LogP contribution is -2.29. The first-order valence-electron chi connectivity index (χ1n) is 5.19. The Morgan fingerprint density at radius 3 is 2.78 bits per heavy atom. The lowest BCUT2D eigenvalue weighted by molar-refractivity contribution is 0.520. The lowest BCUT2D eigenvalue weighted by atomic mass is 10.0. The highest BCUT2D eigenvalue weighted by Gasteiger charge is 2.21. The Balaban J connectivity index is 2.49. The Kier molecular flexibility index (Phi) is 4.07. The monoisotopic (exact) mass is 332 g/mol. The molecule has 0 fully saturated rings. The number of halogens is 3. The van der Waals surface area contributed by atoms with Crippen molar-refractivity contribution in [3.63, 3.8) is 0 Å². The molecule has 1 aromatic heterocycles. The Morgan fingerprint density at radius 1 is 1.50 bits per heavy atom. The zero-order valence-electron chi connectivity index (χ0n) is 9.51. The summed E-state index contributed by atoms with van der Waals surface area (Å²) in [6.07, 6.45) is 1.54. The molecule has 1 unspecified atom stereocenters. The van der Waals surface area contributed by atoms with E-state index in [-0.39, 0.29) is 5.02 Å². The summed E-state index contributed by atoms with van der Waals surface area (Å²) in [4.78, 5) is 0. The van der Waals surface area contributed by atoms with Crippen molar-refractivity contribution in [3.8, 4) is 0 Å². The van der Waals surface area contributed by atoms with E-state index < -0.39 is 11.9 Å². The van der Waals surface area contributed by atoms with Gasteiger partial charge < -0.3 is 4.42 Å². The molecule has 0 spiro atoms. The SMILES string of the molecule is Cc1cc(C(NN)c2ccc(Br)c(Cl)c2F)co1. The third-order valence-electron chi connectivity index (χ3n) is 2.63. The number of nitrogens with one attached hydrogen (secondary N) is 1. The minimum Gasteiger partial charge on any atom is -0.469 e. The van der Waals surface area contributed by atoms with E-state index in [1.165, 1.54) is 6.26 Å². The third-order valence-corrected chi connectivity index (χ3v) is 3.89. The predicted octanol–water partition coefficient (Wildman–Crippen LogP) is 3.70. The maximum atomic E-state index is 14.1. The third kappa shape index (κ3) is 2.44. The maximum absolute atomic E-state index is 14.1. The van der Waals surface area contributed by atoms with Crippen molar-refractivity contribution in [1.82, 2.24) is 5.43 Å². The van der Waals surface area contributed by atoms with Gasteiger partial charge in [0.25, 0.3) is 0 Å². The number of hydrogen-bond acceptors (Lipinski definition) is 3. The normalized spacial score (nSPS) is 12.7. The molecule has 0 radical (unpaired) electrons. The molecular weight excluding hydrogens is 323 g/mol. The van der Waals surface area contributed by atoms with Gasteiger partial charge in [0.15, 0.2) is 0 Å². The molecule has 1 atom stereocenters. The molecule has 1 heterocycles. The first-order chi connectivity index (χ1) is 8.54. The van der Waals surface area contributed by atoms with Crippen molar-refractivity contribution in [2.75, 3.05) is 0 Å². The summed E-state index contributed by atoms with van der Waals surface area (Å²) in [5, 5.41) is 0.0352. The average molecular weight is 334 g/mol. The van der Waals surface area contributed by atoms with Crippen LogP contribution in [0.1, 0.15) is 22.9 Å². The van der Waals surface area contributed by atoms with Crippen LogP contribution in [-0.2, 0) is 0 Å². The fourth-order valence-electron chi connectivity index (χ4n) is 1.74. The van der Waals surface area contributed by atoms with Crippen LogP contribution in [0.4, 0.5) is 4.39 Å². The molecule has 0 saturated carbocycles. The zero-order valence-corrected chi connectivity index (χ0v) is 11.8. The van der Waals surface area contributed by atoms with Crippen LogP contribution in [0.5, 0.6) is 0 Å². The Hall–Kier alpha value is -0.880. The van der Waals surface area contributed by atoms with Gasteiger partial charge >= 0.3 is 0 Å². The van der Waals surface area contributed by atoms with Gasteiger partial charge in [-0.15, -0.1) is 0 Å². The highest BCUT2D eigenvalue weighted by atomic mass is 79.9. The molecule has 3 N–H and O–H groups in total. The molecule has 6 heteroatoms. The number of benzene rings is 1. The largest absolute Gasteiger partial charge is 0.469 e. The van der Waals surface area contributed by atoms with Crippen molar-refractivity contribution < 1.29 is 8.81 Å². The van der Waals surface area contributed by atoms with E-state index in [0.29, 0.717) is 10.0 Å². The van der Waals surface area contributed by atoms with Gasteiger partial charge in [-0.05, 0) is 35.0 Å². The minimum absolute atomic E-state index is 0.0352.